The van der Waals surface area contributed by atoms with Gasteiger partial charge in [0.05, 0.1) is 4.83 Å². The molecular weight excluding hydrogens is 407 g/mol. The van der Waals surface area contributed by atoms with Gasteiger partial charge < -0.3 is 5.11 Å². The van der Waals surface area contributed by atoms with Crippen LogP contribution >= 0.6 is 43.5 Å². The Morgan fingerprint density at radius 2 is 1.60 bits per heavy atom. The Hall–Kier alpha value is -0.840. The molecule has 0 aromatic heterocycles. The number of alkyl halides is 2. The highest BCUT2D eigenvalue weighted by molar-refractivity contribution is 9.12. The molecule has 0 amide bonds. The SMILES string of the molecule is O=C(O)C(Br)C(Br)c1ccc2c(c1)-c1cc(Cl)ccc1-2. The molecule has 0 spiro atoms. The first-order valence-corrected chi connectivity index (χ1v) is 8.15. The second-order valence-electron chi connectivity index (χ2n) is 4.64. The van der Waals surface area contributed by atoms with Crippen molar-refractivity contribution < 1.29 is 9.90 Å². The fourth-order valence-corrected chi connectivity index (χ4v) is 3.39. The Morgan fingerprint density at radius 3 is 2.25 bits per heavy atom. The van der Waals surface area contributed by atoms with E-state index in [1.807, 2.05) is 36.4 Å². The van der Waals surface area contributed by atoms with Crippen molar-refractivity contribution in [2.24, 2.45) is 0 Å². The van der Waals surface area contributed by atoms with Crippen LogP contribution in [-0.2, 0) is 4.79 Å². The highest BCUT2D eigenvalue weighted by Crippen LogP contribution is 2.49. The molecule has 0 fully saturated rings. The van der Waals surface area contributed by atoms with Crippen molar-refractivity contribution >= 4 is 49.4 Å². The van der Waals surface area contributed by atoms with Crippen molar-refractivity contribution in [3.63, 3.8) is 0 Å². The molecule has 2 nitrogen and oxygen atoms in total. The molecule has 1 aliphatic carbocycles. The molecule has 1 aliphatic rings. The number of fused-ring (bicyclic) bond motifs is 4. The van der Waals surface area contributed by atoms with E-state index < -0.39 is 10.8 Å². The second kappa shape index (κ2) is 5.17. The molecule has 0 saturated carbocycles. The molecule has 0 heterocycles. The van der Waals surface area contributed by atoms with Crippen LogP contribution in [0.5, 0.6) is 0 Å². The van der Waals surface area contributed by atoms with Crippen molar-refractivity contribution in [1.82, 2.24) is 0 Å². The third-order valence-electron chi connectivity index (χ3n) is 3.42. The summed E-state index contributed by atoms with van der Waals surface area (Å²) in [5.41, 5.74) is 5.54. The summed E-state index contributed by atoms with van der Waals surface area (Å²) < 4.78 is 0. The zero-order chi connectivity index (χ0) is 14.4. The topological polar surface area (TPSA) is 37.3 Å². The predicted molar refractivity (Wildman–Crippen MR) is 87.9 cm³/mol. The lowest BCUT2D eigenvalue weighted by Gasteiger charge is -2.26. The Morgan fingerprint density at radius 1 is 1.00 bits per heavy atom. The molecule has 2 aromatic rings. The zero-order valence-corrected chi connectivity index (χ0v) is 14.0. The van der Waals surface area contributed by atoms with Crippen molar-refractivity contribution in [3.05, 3.63) is 47.0 Å². The highest BCUT2D eigenvalue weighted by Gasteiger charge is 2.28. The molecule has 3 rings (SSSR count). The lowest BCUT2D eigenvalue weighted by molar-refractivity contribution is -0.136. The van der Waals surface area contributed by atoms with Gasteiger partial charge in [-0.3, -0.25) is 4.79 Å². The van der Waals surface area contributed by atoms with Crippen LogP contribution in [0.15, 0.2) is 36.4 Å². The average molecular weight is 416 g/mol. The van der Waals surface area contributed by atoms with E-state index in [0.717, 1.165) is 16.7 Å². The summed E-state index contributed by atoms with van der Waals surface area (Å²) in [5, 5.41) is 9.76. The van der Waals surface area contributed by atoms with Gasteiger partial charge in [-0.25, -0.2) is 0 Å². The van der Waals surface area contributed by atoms with Gasteiger partial charge in [0, 0.05) is 5.02 Å². The zero-order valence-electron chi connectivity index (χ0n) is 10.1. The summed E-state index contributed by atoms with van der Waals surface area (Å²) >= 11 is 12.6. The Bertz CT molecular complexity index is 715. The van der Waals surface area contributed by atoms with Gasteiger partial charge in [0.2, 0.25) is 0 Å². The smallest absolute Gasteiger partial charge is 0.318 e. The quantitative estimate of drug-likeness (QED) is 0.591. The van der Waals surface area contributed by atoms with E-state index >= 15 is 0 Å². The van der Waals surface area contributed by atoms with E-state index in [-0.39, 0.29) is 4.83 Å². The monoisotopic (exact) mass is 414 g/mol. The number of rotatable bonds is 3. The third-order valence-corrected chi connectivity index (χ3v) is 6.34. The standard InChI is InChI=1S/C15H9Br2ClO2/c16-13(14(17)15(19)20)7-1-3-9-10-4-2-8(18)6-12(10)11(9)5-7/h1-6,13-14H,(H,19,20). The predicted octanol–water partition coefficient (Wildman–Crippen LogP) is 5.27. The van der Waals surface area contributed by atoms with Gasteiger partial charge in [-0.1, -0.05) is 61.7 Å². The molecule has 0 saturated heterocycles. The Balaban J connectivity index is 1.98. The Kier molecular flexibility index (Phi) is 3.65. The molecule has 2 aromatic carbocycles. The number of halogens is 3. The van der Waals surface area contributed by atoms with Crippen LogP contribution in [0.2, 0.25) is 5.02 Å². The summed E-state index contributed by atoms with van der Waals surface area (Å²) in [6.45, 7) is 0. The second-order valence-corrected chi connectivity index (χ2v) is 7.05. The fraction of sp³-hybridized carbons (Fsp3) is 0.133. The number of aliphatic carboxylic acids is 1. The first kappa shape index (κ1) is 14.1. The van der Waals surface area contributed by atoms with Crippen molar-refractivity contribution in [3.8, 4) is 22.3 Å². The van der Waals surface area contributed by atoms with E-state index in [0.29, 0.717) is 5.02 Å². The van der Waals surface area contributed by atoms with E-state index in [4.69, 9.17) is 16.7 Å². The van der Waals surface area contributed by atoms with Crippen LogP contribution in [0.1, 0.15) is 10.4 Å². The molecule has 2 unspecified atom stereocenters. The fourth-order valence-electron chi connectivity index (χ4n) is 2.40. The van der Waals surface area contributed by atoms with Crippen LogP contribution in [0, 0.1) is 0 Å². The summed E-state index contributed by atoms with van der Waals surface area (Å²) in [4.78, 5) is 10.1. The molecule has 0 bridgehead atoms. The Labute approximate surface area is 138 Å². The van der Waals surface area contributed by atoms with Gasteiger partial charge >= 0.3 is 5.97 Å². The van der Waals surface area contributed by atoms with Crippen LogP contribution in [-0.4, -0.2) is 15.9 Å². The molecule has 20 heavy (non-hydrogen) atoms. The minimum absolute atomic E-state index is 0.284. The average Bonchev–Trinajstić information content (AvgIpc) is 2.43. The van der Waals surface area contributed by atoms with Gasteiger partial charge in [0.15, 0.2) is 0 Å². The molecule has 2 atom stereocenters. The van der Waals surface area contributed by atoms with Gasteiger partial charge in [-0.15, -0.1) is 0 Å². The van der Waals surface area contributed by atoms with E-state index in [9.17, 15) is 4.79 Å². The maximum Gasteiger partial charge on any atom is 0.318 e. The molecule has 5 heteroatoms. The maximum atomic E-state index is 11.0. The highest BCUT2D eigenvalue weighted by atomic mass is 79.9. The molecule has 1 N–H and O–H groups in total. The summed E-state index contributed by atoms with van der Waals surface area (Å²) in [6, 6.07) is 11.8. The van der Waals surface area contributed by atoms with Gasteiger partial charge in [0.1, 0.15) is 4.83 Å². The number of benzene rings is 2. The molecule has 0 aliphatic heterocycles. The molecule has 102 valence electrons. The van der Waals surface area contributed by atoms with Gasteiger partial charge in [0.25, 0.3) is 0 Å². The van der Waals surface area contributed by atoms with Gasteiger partial charge in [-0.2, -0.15) is 0 Å². The van der Waals surface area contributed by atoms with Crippen LogP contribution in [0.4, 0.5) is 0 Å². The normalized spacial score (nSPS) is 14.8. The van der Waals surface area contributed by atoms with E-state index in [1.165, 1.54) is 11.1 Å². The number of carboxylic acid groups (broad SMARTS) is 1. The third kappa shape index (κ3) is 2.20. The van der Waals surface area contributed by atoms with Crippen molar-refractivity contribution in [1.29, 1.82) is 0 Å². The molecule has 0 radical (unpaired) electrons. The number of hydrogen-bond donors (Lipinski definition) is 1. The van der Waals surface area contributed by atoms with Crippen LogP contribution in [0.3, 0.4) is 0 Å². The largest absolute Gasteiger partial charge is 0.480 e. The van der Waals surface area contributed by atoms with E-state index in [1.54, 1.807) is 0 Å². The number of carbonyl (C=O) groups is 1. The first-order valence-electron chi connectivity index (χ1n) is 5.94. The van der Waals surface area contributed by atoms with Crippen LogP contribution < -0.4 is 0 Å². The summed E-state index contributed by atoms with van der Waals surface area (Å²) in [7, 11) is 0. The number of hydrogen-bond acceptors (Lipinski definition) is 1. The summed E-state index contributed by atoms with van der Waals surface area (Å²) in [5.74, 6) is -0.891. The number of carboxylic acids is 1. The molecular formula is C15H9Br2ClO2. The lowest BCUT2D eigenvalue weighted by Crippen LogP contribution is -2.18. The van der Waals surface area contributed by atoms with Crippen molar-refractivity contribution in [2.75, 3.05) is 0 Å². The van der Waals surface area contributed by atoms with Crippen LogP contribution in [0.25, 0.3) is 22.3 Å². The minimum Gasteiger partial charge on any atom is -0.480 e. The minimum atomic E-state index is -0.891. The summed E-state index contributed by atoms with van der Waals surface area (Å²) in [6.07, 6.45) is 0. The van der Waals surface area contributed by atoms with Crippen molar-refractivity contribution in [2.45, 2.75) is 9.65 Å². The maximum absolute atomic E-state index is 11.0. The van der Waals surface area contributed by atoms with Gasteiger partial charge in [-0.05, 0) is 46.0 Å². The first-order chi connectivity index (χ1) is 9.49. The lowest BCUT2D eigenvalue weighted by atomic mass is 9.79. The van der Waals surface area contributed by atoms with E-state index in [2.05, 4.69) is 31.9 Å².